The number of carbonyl (C=O) groups is 2. The fourth-order valence-corrected chi connectivity index (χ4v) is 2.35. The molecule has 1 aromatic carbocycles. The van der Waals surface area contributed by atoms with Crippen molar-refractivity contribution in [1.29, 1.82) is 0 Å². The van der Waals surface area contributed by atoms with Crippen molar-refractivity contribution in [3.05, 3.63) is 66.0 Å². The van der Waals surface area contributed by atoms with Gasteiger partial charge in [0.2, 0.25) is 5.91 Å². The molecule has 7 nitrogen and oxygen atoms in total. The monoisotopic (exact) mass is 322 g/mol. The zero-order valence-corrected chi connectivity index (χ0v) is 12.5. The molecule has 7 heteroatoms. The first-order valence-corrected chi connectivity index (χ1v) is 7.15. The van der Waals surface area contributed by atoms with Crippen molar-refractivity contribution < 1.29 is 14.7 Å². The lowest BCUT2D eigenvalue weighted by Crippen LogP contribution is -2.37. The van der Waals surface area contributed by atoms with E-state index < -0.39 is 17.9 Å². The molecule has 0 fully saturated rings. The third kappa shape index (κ3) is 2.87. The number of benzene rings is 1. The minimum absolute atomic E-state index is 0.0802. The van der Waals surface area contributed by atoms with E-state index in [4.69, 9.17) is 5.73 Å². The first-order chi connectivity index (χ1) is 11.6. The molecular formula is C17H14N4O3. The van der Waals surface area contributed by atoms with Gasteiger partial charge in [-0.3, -0.25) is 19.6 Å². The number of hydrogen-bond donors (Lipinski definition) is 3. The Morgan fingerprint density at radius 1 is 1.08 bits per heavy atom. The molecule has 120 valence electrons. The summed E-state index contributed by atoms with van der Waals surface area (Å²) >= 11 is 0. The molecule has 24 heavy (non-hydrogen) atoms. The van der Waals surface area contributed by atoms with Crippen LogP contribution in [0.5, 0.6) is 5.75 Å². The van der Waals surface area contributed by atoms with Gasteiger partial charge in [-0.15, -0.1) is 0 Å². The second-order valence-corrected chi connectivity index (χ2v) is 5.11. The molecule has 0 spiro atoms. The molecule has 2 aromatic heterocycles. The van der Waals surface area contributed by atoms with Gasteiger partial charge in [0.15, 0.2) is 5.75 Å². The molecule has 0 radical (unpaired) electrons. The van der Waals surface area contributed by atoms with Crippen LogP contribution < -0.4 is 11.1 Å². The highest BCUT2D eigenvalue weighted by molar-refractivity contribution is 6.02. The van der Waals surface area contributed by atoms with Crippen LogP contribution in [0.4, 0.5) is 0 Å². The summed E-state index contributed by atoms with van der Waals surface area (Å²) in [5.41, 5.74) is 6.51. The Balaban J connectivity index is 1.94. The summed E-state index contributed by atoms with van der Waals surface area (Å²) in [7, 11) is 0. The molecule has 3 rings (SSSR count). The van der Waals surface area contributed by atoms with Crippen molar-refractivity contribution in [3.63, 3.8) is 0 Å². The van der Waals surface area contributed by atoms with Crippen molar-refractivity contribution in [2.45, 2.75) is 6.04 Å². The summed E-state index contributed by atoms with van der Waals surface area (Å²) < 4.78 is 0. The molecule has 1 atom stereocenters. The number of nitrogens with two attached hydrogens (primary N) is 1. The maximum atomic E-state index is 12.5. The van der Waals surface area contributed by atoms with Gasteiger partial charge in [0.1, 0.15) is 17.1 Å². The Hall–Kier alpha value is -3.48. The summed E-state index contributed by atoms with van der Waals surface area (Å²) in [6, 6.07) is 10.9. The third-order valence-electron chi connectivity index (χ3n) is 3.54. The summed E-state index contributed by atoms with van der Waals surface area (Å²) in [6.45, 7) is 0. The number of carbonyl (C=O) groups excluding carboxylic acids is 2. The van der Waals surface area contributed by atoms with E-state index in [1.807, 2.05) is 0 Å². The van der Waals surface area contributed by atoms with Crippen LogP contribution in [0.1, 0.15) is 22.0 Å². The van der Waals surface area contributed by atoms with Crippen molar-refractivity contribution in [1.82, 2.24) is 15.3 Å². The normalized spacial score (nSPS) is 11.8. The van der Waals surface area contributed by atoms with Crippen molar-refractivity contribution >= 4 is 22.8 Å². The number of amides is 2. The van der Waals surface area contributed by atoms with Gasteiger partial charge in [0.05, 0.1) is 5.52 Å². The molecule has 1 unspecified atom stereocenters. The number of nitrogens with one attached hydrogen (secondary N) is 1. The van der Waals surface area contributed by atoms with Gasteiger partial charge in [-0.05, 0) is 17.7 Å². The van der Waals surface area contributed by atoms with Crippen LogP contribution >= 0.6 is 0 Å². The predicted octanol–water partition coefficient (Wildman–Crippen LogP) is 1.29. The Kier molecular flexibility index (Phi) is 4.07. The molecule has 0 bridgehead atoms. The van der Waals surface area contributed by atoms with E-state index in [1.165, 1.54) is 12.4 Å². The fourth-order valence-electron chi connectivity index (χ4n) is 2.35. The van der Waals surface area contributed by atoms with Gasteiger partial charge in [0, 0.05) is 12.4 Å². The molecule has 2 amide bonds. The van der Waals surface area contributed by atoms with Crippen LogP contribution in [0.3, 0.4) is 0 Å². The highest BCUT2D eigenvalue weighted by Crippen LogP contribution is 2.25. The van der Waals surface area contributed by atoms with E-state index in [-0.39, 0.29) is 16.8 Å². The van der Waals surface area contributed by atoms with Crippen LogP contribution in [0.25, 0.3) is 11.0 Å². The van der Waals surface area contributed by atoms with Gasteiger partial charge in [-0.2, -0.15) is 0 Å². The van der Waals surface area contributed by atoms with E-state index >= 15 is 0 Å². The topological polar surface area (TPSA) is 118 Å². The number of pyridine rings is 2. The highest BCUT2D eigenvalue weighted by atomic mass is 16.3. The first-order valence-electron chi connectivity index (χ1n) is 7.15. The van der Waals surface area contributed by atoms with Crippen LogP contribution in [-0.2, 0) is 4.79 Å². The Morgan fingerprint density at radius 3 is 2.54 bits per heavy atom. The number of aromatic hydroxyl groups is 1. The van der Waals surface area contributed by atoms with Gasteiger partial charge < -0.3 is 16.2 Å². The largest absolute Gasteiger partial charge is 0.505 e. The van der Waals surface area contributed by atoms with E-state index in [2.05, 4.69) is 15.3 Å². The van der Waals surface area contributed by atoms with E-state index in [9.17, 15) is 14.7 Å². The summed E-state index contributed by atoms with van der Waals surface area (Å²) in [5, 5.41) is 12.8. The average molecular weight is 322 g/mol. The average Bonchev–Trinajstić information content (AvgIpc) is 2.60. The van der Waals surface area contributed by atoms with E-state index in [1.54, 1.807) is 42.5 Å². The van der Waals surface area contributed by atoms with Gasteiger partial charge in [0.25, 0.3) is 5.91 Å². The van der Waals surface area contributed by atoms with Crippen molar-refractivity contribution in [2.24, 2.45) is 5.73 Å². The van der Waals surface area contributed by atoms with Gasteiger partial charge in [-0.1, -0.05) is 30.3 Å². The lowest BCUT2D eigenvalue weighted by Gasteiger charge is -2.16. The summed E-state index contributed by atoms with van der Waals surface area (Å²) in [4.78, 5) is 32.2. The number of primary amides is 1. The van der Waals surface area contributed by atoms with Crippen molar-refractivity contribution in [3.8, 4) is 5.75 Å². The number of hydrogen-bond acceptors (Lipinski definition) is 5. The second-order valence-electron chi connectivity index (χ2n) is 5.11. The second kappa shape index (κ2) is 6.33. The highest BCUT2D eigenvalue weighted by Gasteiger charge is 2.23. The lowest BCUT2D eigenvalue weighted by molar-refractivity contribution is -0.120. The maximum Gasteiger partial charge on any atom is 0.257 e. The molecule has 0 aliphatic carbocycles. The number of nitrogens with zero attached hydrogens (tertiary/aromatic N) is 2. The Bertz CT molecular complexity index is 912. The molecule has 0 aliphatic heterocycles. The smallest absolute Gasteiger partial charge is 0.257 e. The molecule has 0 saturated heterocycles. The number of aromatic nitrogens is 2. The van der Waals surface area contributed by atoms with Crippen molar-refractivity contribution in [2.75, 3.05) is 0 Å². The number of fused-ring (bicyclic) bond motifs is 1. The summed E-state index contributed by atoms with van der Waals surface area (Å²) in [6.07, 6.45) is 2.72. The molecule has 4 N–H and O–H groups in total. The third-order valence-corrected chi connectivity index (χ3v) is 3.54. The quantitative estimate of drug-likeness (QED) is 0.669. The predicted molar refractivity (Wildman–Crippen MR) is 87.0 cm³/mol. The minimum Gasteiger partial charge on any atom is -0.505 e. The first kappa shape index (κ1) is 15.4. The van der Waals surface area contributed by atoms with Crippen LogP contribution in [-0.4, -0.2) is 26.9 Å². The van der Waals surface area contributed by atoms with Gasteiger partial charge in [-0.25, -0.2) is 0 Å². The fraction of sp³-hybridized carbons (Fsp3) is 0.0588. The van der Waals surface area contributed by atoms with Crippen LogP contribution in [0.2, 0.25) is 0 Å². The molecule has 0 aliphatic rings. The minimum atomic E-state index is -1.02. The standard InChI is InChI=1S/C17H14N4O3/c18-16(23)13(10-5-2-1-3-6-10)21-17(24)11-9-20-12-7-4-8-19-14(12)15(11)22/h1-9,13H,(H2,18,23)(H,20,22)(H,21,24). The zero-order chi connectivity index (χ0) is 17.1. The number of rotatable bonds is 4. The molecule has 3 aromatic rings. The maximum absolute atomic E-state index is 12.5. The van der Waals surface area contributed by atoms with Crippen LogP contribution in [0.15, 0.2) is 54.9 Å². The lowest BCUT2D eigenvalue weighted by atomic mass is 10.1. The SMILES string of the molecule is NC(=O)C(NC(=O)c1cnc2cccnc2c1O)c1ccccc1. The molecular weight excluding hydrogens is 308 g/mol. The Morgan fingerprint density at radius 2 is 1.83 bits per heavy atom. The molecule has 0 saturated carbocycles. The van der Waals surface area contributed by atoms with Gasteiger partial charge >= 0.3 is 0 Å². The van der Waals surface area contributed by atoms with E-state index in [0.29, 0.717) is 11.1 Å². The Labute approximate surface area is 137 Å². The van der Waals surface area contributed by atoms with E-state index in [0.717, 1.165) is 0 Å². The summed E-state index contributed by atoms with van der Waals surface area (Å²) in [5.74, 6) is -1.67. The molecule has 2 heterocycles. The van der Waals surface area contributed by atoms with Crippen LogP contribution in [0, 0.1) is 0 Å². The zero-order valence-electron chi connectivity index (χ0n) is 12.5.